The van der Waals surface area contributed by atoms with Gasteiger partial charge in [0.05, 0.1) is 6.10 Å². The Hall–Kier alpha value is -1.36. The highest BCUT2D eigenvalue weighted by atomic mass is 16.5. The zero-order chi connectivity index (χ0) is 9.68. The summed E-state index contributed by atoms with van der Waals surface area (Å²) >= 11 is 0. The first kappa shape index (κ1) is 9.73. The lowest BCUT2D eigenvalue weighted by atomic mass is 10.4. The van der Waals surface area contributed by atoms with Gasteiger partial charge in [-0.25, -0.2) is 9.78 Å². The molecule has 5 heteroatoms. The maximum absolute atomic E-state index is 11.3. The fourth-order valence-electron chi connectivity index (χ4n) is 0.785. The number of ether oxygens (including phenoxy) is 1. The van der Waals surface area contributed by atoms with E-state index in [1.807, 2.05) is 6.92 Å². The topological polar surface area (TPSA) is 56.1 Å². The van der Waals surface area contributed by atoms with Crippen LogP contribution in [0.4, 0.5) is 4.79 Å². The first-order valence-corrected chi connectivity index (χ1v) is 4.03. The number of hydrogen-bond donors (Lipinski definition) is 1. The van der Waals surface area contributed by atoms with Crippen LogP contribution in [0, 0.1) is 0 Å². The van der Waals surface area contributed by atoms with Gasteiger partial charge in [0.15, 0.2) is 0 Å². The summed E-state index contributed by atoms with van der Waals surface area (Å²) in [5.41, 5.74) is 0. The molecule has 1 rings (SSSR count). The minimum Gasteiger partial charge on any atom is -0.380 e. The second-order valence-corrected chi connectivity index (χ2v) is 2.70. The van der Waals surface area contributed by atoms with E-state index in [9.17, 15) is 4.79 Å². The van der Waals surface area contributed by atoms with Crippen molar-refractivity contribution < 1.29 is 9.53 Å². The molecular weight excluding hydrogens is 170 g/mol. The molecule has 72 valence electrons. The van der Waals surface area contributed by atoms with Crippen LogP contribution in [0.25, 0.3) is 0 Å². The number of hydrogen-bond acceptors (Lipinski definition) is 3. The zero-order valence-electron chi connectivity index (χ0n) is 7.73. The lowest BCUT2D eigenvalue weighted by molar-refractivity contribution is 0.118. The summed E-state index contributed by atoms with van der Waals surface area (Å²) < 4.78 is 6.36. The van der Waals surface area contributed by atoms with Crippen LogP contribution in [0.1, 0.15) is 6.92 Å². The number of nitrogens with one attached hydrogen (secondary N) is 1. The van der Waals surface area contributed by atoms with Crippen molar-refractivity contribution >= 4 is 6.03 Å². The number of amides is 1. The van der Waals surface area contributed by atoms with Crippen LogP contribution < -0.4 is 5.32 Å². The molecule has 0 aromatic carbocycles. The number of nitrogens with zero attached hydrogens (tertiary/aromatic N) is 2. The Morgan fingerprint density at radius 1 is 1.77 bits per heavy atom. The Labute approximate surface area is 76.7 Å². The molecule has 1 heterocycles. The highest BCUT2D eigenvalue weighted by Crippen LogP contribution is 1.87. The summed E-state index contributed by atoms with van der Waals surface area (Å²) in [6, 6.07) is -0.193. The molecule has 0 aliphatic carbocycles. The average molecular weight is 183 g/mol. The zero-order valence-corrected chi connectivity index (χ0v) is 7.73. The van der Waals surface area contributed by atoms with Gasteiger partial charge >= 0.3 is 6.03 Å². The predicted molar refractivity (Wildman–Crippen MR) is 47.5 cm³/mol. The third-order valence-electron chi connectivity index (χ3n) is 1.68. The predicted octanol–water partition coefficient (Wildman–Crippen LogP) is 0.476. The fourth-order valence-corrected chi connectivity index (χ4v) is 0.785. The first-order valence-electron chi connectivity index (χ1n) is 4.03. The van der Waals surface area contributed by atoms with Crippen LogP contribution in [-0.2, 0) is 4.74 Å². The number of aromatic nitrogens is 2. The van der Waals surface area contributed by atoms with E-state index < -0.39 is 0 Å². The summed E-state index contributed by atoms with van der Waals surface area (Å²) in [6.45, 7) is 2.38. The van der Waals surface area contributed by atoms with Gasteiger partial charge < -0.3 is 10.1 Å². The Morgan fingerprint density at radius 3 is 3.08 bits per heavy atom. The van der Waals surface area contributed by atoms with Crippen molar-refractivity contribution in [1.82, 2.24) is 14.9 Å². The monoisotopic (exact) mass is 183 g/mol. The second-order valence-electron chi connectivity index (χ2n) is 2.70. The summed E-state index contributed by atoms with van der Waals surface area (Å²) in [5.74, 6) is 0. The second kappa shape index (κ2) is 4.61. The Bertz CT molecular complexity index is 258. The van der Waals surface area contributed by atoms with Crippen LogP contribution >= 0.6 is 0 Å². The molecule has 0 aliphatic heterocycles. The summed E-state index contributed by atoms with van der Waals surface area (Å²) in [4.78, 5) is 15.0. The Kier molecular flexibility index (Phi) is 3.45. The standard InChI is InChI=1S/C8H13N3O2/c1-7(13-2)5-10-8(12)11-4-3-9-6-11/h3-4,6-7H,5H2,1-2H3,(H,10,12). The van der Waals surface area contributed by atoms with Crippen LogP contribution in [0.5, 0.6) is 0 Å². The summed E-state index contributed by atoms with van der Waals surface area (Å²) in [7, 11) is 1.61. The molecule has 0 spiro atoms. The molecule has 1 atom stereocenters. The third-order valence-corrected chi connectivity index (χ3v) is 1.68. The molecule has 0 fully saturated rings. The highest BCUT2D eigenvalue weighted by Gasteiger charge is 2.04. The Morgan fingerprint density at radius 2 is 2.54 bits per heavy atom. The number of rotatable bonds is 3. The van der Waals surface area contributed by atoms with Gasteiger partial charge in [-0.3, -0.25) is 4.57 Å². The molecule has 1 N–H and O–H groups in total. The van der Waals surface area contributed by atoms with E-state index in [-0.39, 0.29) is 12.1 Å². The highest BCUT2D eigenvalue weighted by molar-refractivity contribution is 5.76. The lowest BCUT2D eigenvalue weighted by Gasteiger charge is -2.10. The molecule has 13 heavy (non-hydrogen) atoms. The van der Waals surface area contributed by atoms with Gasteiger partial charge in [-0.05, 0) is 6.92 Å². The largest absolute Gasteiger partial charge is 0.380 e. The van der Waals surface area contributed by atoms with E-state index in [0.717, 1.165) is 0 Å². The van der Waals surface area contributed by atoms with Gasteiger partial charge in [-0.1, -0.05) is 0 Å². The van der Waals surface area contributed by atoms with Crippen molar-refractivity contribution in [3.63, 3.8) is 0 Å². The minimum atomic E-state index is -0.193. The van der Waals surface area contributed by atoms with E-state index in [1.54, 1.807) is 19.5 Å². The van der Waals surface area contributed by atoms with Gasteiger partial charge in [0.2, 0.25) is 0 Å². The molecule has 1 amide bonds. The van der Waals surface area contributed by atoms with Crippen LogP contribution in [0.3, 0.4) is 0 Å². The smallest absolute Gasteiger partial charge is 0.326 e. The molecule has 5 nitrogen and oxygen atoms in total. The van der Waals surface area contributed by atoms with Crippen molar-refractivity contribution in [2.45, 2.75) is 13.0 Å². The maximum Gasteiger partial charge on any atom is 0.326 e. The van der Waals surface area contributed by atoms with E-state index >= 15 is 0 Å². The molecule has 1 aromatic rings. The molecule has 0 radical (unpaired) electrons. The van der Waals surface area contributed by atoms with Gasteiger partial charge in [0.25, 0.3) is 0 Å². The molecular formula is C8H13N3O2. The van der Waals surface area contributed by atoms with E-state index in [1.165, 1.54) is 10.9 Å². The van der Waals surface area contributed by atoms with Crippen molar-refractivity contribution in [3.05, 3.63) is 18.7 Å². The Balaban J connectivity index is 2.35. The number of methoxy groups -OCH3 is 1. The number of carbonyl (C=O) groups excluding carboxylic acids is 1. The number of carbonyl (C=O) groups is 1. The van der Waals surface area contributed by atoms with Crippen molar-refractivity contribution in [3.8, 4) is 0 Å². The van der Waals surface area contributed by atoms with Crippen LogP contribution in [0.15, 0.2) is 18.7 Å². The van der Waals surface area contributed by atoms with E-state index in [2.05, 4.69) is 10.3 Å². The normalized spacial score (nSPS) is 12.5. The third kappa shape index (κ3) is 2.87. The maximum atomic E-state index is 11.3. The van der Waals surface area contributed by atoms with Crippen LogP contribution in [-0.4, -0.2) is 35.3 Å². The SMILES string of the molecule is COC(C)CNC(=O)n1ccnc1. The molecule has 0 saturated carbocycles. The molecule has 1 aromatic heterocycles. The lowest BCUT2D eigenvalue weighted by Crippen LogP contribution is -2.34. The van der Waals surface area contributed by atoms with Crippen molar-refractivity contribution in [2.75, 3.05) is 13.7 Å². The molecule has 0 aliphatic rings. The molecule has 0 bridgehead atoms. The summed E-state index contributed by atoms with van der Waals surface area (Å²) in [6.07, 6.45) is 4.62. The summed E-state index contributed by atoms with van der Waals surface area (Å²) in [5, 5.41) is 2.69. The van der Waals surface area contributed by atoms with Gasteiger partial charge in [-0.15, -0.1) is 0 Å². The van der Waals surface area contributed by atoms with Gasteiger partial charge in [0.1, 0.15) is 6.33 Å². The average Bonchev–Trinajstić information content (AvgIpc) is 2.66. The fraction of sp³-hybridized carbons (Fsp3) is 0.500. The quantitative estimate of drug-likeness (QED) is 0.741. The van der Waals surface area contributed by atoms with Crippen LogP contribution in [0.2, 0.25) is 0 Å². The first-order chi connectivity index (χ1) is 6.24. The molecule has 0 saturated heterocycles. The molecule has 1 unspecified atom stereocenters. The van der Waals surface area contributed by atoms with Gasteiger partial charge in [-0.2, -0.15) is 0 Å². The van der Waals surface area contributed by atoms with Crippen molar-refractivity contribution in [2.24, 2.45) is 0 Å². The van der Waals surface area contributed by atoms with Gasteiger partial charge in [0, 0.05) is 26.0 Å². The minimum absolute atomic E-state index is 0.0208. The van der Waals surface area contributed by atoms with Crippen molar-refractivity contribution in [1.29, 1.82) is 0 Å². The van der Waals surface area contributed by atoms with E-state index in [0.29, 0.717) is 6.54 Å². The number of imidazole rings is 1. The van der Waals surface area contributed by atoms with E-state index in [4.69, 9.17) is 4.74 Å².